The second-order valence-corrected chi connectivity index (χ2v) is 6.66. The molecule has 6 nitrogen and oxygen atoms in total. The first-order chi connectivity index (χ1) is 14.5. The van der Waals surface area contributed by atoms with E-state index in [0.29, 0.717) is 22.1 Å². The van der Waals surface area contributed by atoms with Crippen LogP contribution in [0.2, 0.25) is 5.02 Å². The van der Waals surface area contributed by atoms with Gasteiger partial charge in [-0.3, -0.25) is 4.79 Å². The number of nitrogens with zero attached hydrogens (tertiary/aromatic N) is 2. The molecule has 0 heterocycles. The van der Waals surface area contributed by atoms with Crippen LogP contribution in [0.5, 0.6) is 5.75 Å². The Morgan fingerprint density at radius 1 is 1.10 bits per heavy atom. The van der Waals surface area contributed by atoms with Gasteiger partial charge in [-0.25, -0.2) is 0 Å². The summed E-state index contributed by atoms with van der Waals surface area (Å²) in [4.78, 5) is 14.5. The van der Waals surface area contributed by atoms with Crippen LogP contribution in [0.4, 0.5) is 22.7 Å². The molecule has 3 N–H and O–H groups in total. The Morgan fingerprint density at radius 2 is 1.77 bits per heavy atom. The van der Waals surface area contributed by atoms with E-state index >= 15 is 0 Å². The highest BCUT2D eigenvalue weighted by Gasteiger charge is 2.15. The van der Waals surface area contributed by atoms with E-state index in [1.807, 2.05) is 48.5 Å². The number of hydrogen-bond donors (Lipinski definition) is 2. The third-order valence-corrected chi connectivity index (χ3v) is 4.53. The SMILES string of the molecule is COc1ccc(NC(=O)/C(C#N)=C\N(c2ccccc2)c2ccc(N)cc2)cc1Cl. The molecule has 0 atom stereocenters. The summed E-state index contributed by atoms with van der Waals surface area (Å²) in [6.07, 6.45) is 1.49. The van der Waals surface area contributed by atoms with Crippen LogP contribution >= 0.6 is 11.6 Å². The van der Waals surface area contributed by atoms with E-state index in [1.54, 1.807) is 35.2 Å². The first kappa shape index (κ1) is 20.8. The number of anilines is 4. The molecule has 0 radical (unpaired) electrons. The number of rotatable bonds is 6. The Bertz CT molecular complexity index is 1110. The minimum absolute atomic E-state index is 0.0809. The highest BCUT2D eigenvalue weighted by molar-refractivity contribution is 6.32. The third-order valence-electron chi connectivity index (χ3n) is 4.24. The van der Waals surface area contributed by atoms with Gasteiger partial charge in [0.15, 0.2) is 0 Å². The topological polar surface area (TPSA) is 91.4 Å². The maximum absolute atomic E-state index is 12.7. The monoisotopic (exact) mass is 418 g/mol. The van der Waals surface area contributed by atoms with Crippen molar-refractivity contribution in [3.63, 3.8) is 0 Å². The van der Waals surface area contributed by atoms with Gasteiger partial charge in [0.25, 0.3) is 5.91 Å². The van der Waals surface area contributed by atoms with Gasteiger partial charge in [-0.2, -0.15) is 5.26 Å². The average Bonchev–Trinajstić information content (AvgIpc) is 2.76. The zero-order valence-electron chi connectivity index (χ0n) is 16.2. The number of halogens is 1. The number of hydrogen-bond acceptors (Lipinski definition) is 5. The van der Waals surface area contributed by atoms with Crippen molar-refractivity contribution >= 4 is 40.3 Å². The summed E-state index contributed by atoms with van der Waals surface area (Å²) < 4.78 is 5.11. The first-order valence-corrected chi connectivity index (χ1v) is 9.36. The number of carbonyl (C=O) groups excluding carboxylic acids is 1. The van der Waals surface area contributed by atoms with Crippen LogP contribution in [-0.2, 0) is 4.79 Å². The number of nitriles is 1. The standard InChI is InChI=1S/C23H19ClN4O2/c1-30-22-12-9-18(13-21(22)24)27-23(29)16(14-25)15-28(19-5-3-2-4-6-19)20-10-7-17(26)8-11-20/h2-13,15H,26H2,1H3,(H,27,29)/b16-15-. The van der Waals surface area contributed by atoms with Crippen molar-refractivity contribution in [3.05, 3.63) is 89.6 Å². The van der Waals surface area contributed by atoms with Gasteiger partial charge in [-0.15, -0.1) is 0 Å². The molecule has 0 spiro atoms. The van der Waals surface area contributed by atoms with Gasteiger partial charge in [-0.05, 0) is 54.6 Å². The summed E-state index contributed by atoms with van der Waals surface area (Å²) in [5, 5.41) is 12.7. The molecule has 0 saturated carbocycles. The highest BCUT2D eigenvalue weighted by atomic mass is 35.5. The number of ether oxygens (including phenoxy) is 1. The van der Waals surface area contributed by atoms with Crippen LogP contribution in [0.3, 0.4) is 0 Å². The number of nitrogen functional groups attached to an aromatic ring is 1. The van der Waals surface area contributed by atoms with Crippen molar-refractivity contribution in [2.24, 2.45) is 0 Å². The maximum Gasteiger partial charge on any atom is 0.267 e. The van der Waals surface area contributed by atoms with Crippen LogP contribution in [-0.4, -0.2) is 13.0 Å². The van der Waals surface area contributed by atoms with Crippen molar-refractivity contribution in [3.8, 4) is 11.8 Å². The minimum atomic E-state index is -0.560. The van der Waals surface area contributed by atoms with E-state index in [2.05, 4.69) is 5.32 Å². The van der Waals surface area contributed by atoms with Crippen molar-refractivity contribution < 1.29 is 9.53 Å². The lowest BCUT2D eigenvalue weighted by atomic mass is 10.2. The van der Waals surface area contributed by atoms with Crippen molar-refractivity contribution in [2.75, 3.05) is 23.1 Å². The summed E-state index contributed by atoms with van der Waals surface area (Å²) in [6.45, 7) is 0. The summed E-state index contributed by atoms with van der Waals surface area (Å²) in [6, 6.07) is 23.3. The second kappa shape index (κ2) is 9.50. The normalized spacial score (nSPS) is 10.8. The Balaban J connectivity index is 1.93. The van der Waals surface area contributed by atoms with Crippen LogP contribution in [0.1, 0.15) is 0 Å². The Kier molecular flexibility index (Phi) is 6.58. The highest BCUT2D eigenvalue weighted by Crippen LogP contribution is 2.29. The largest absolute Gasteiger partial charge is 0.495 e. The van der Waals surface area contributed by atoms with E-state index in [4.69, 9.17) is 22.1 Å². The number of para-hydroxylation sites is 1. The van der Waals surface area contributed by atoms with Gasteiger partial charge in [0.2, 0.25) is 0 Å². The quantitative estimate of drug-likeness (QED) is 0.329. The van der Waals surface area contributed by atoms with Gasteiger partial charge in [-0.1, -0.05) is 29.8 Å². The van der Waals surface area contributed by atoms with Crippen LogP contribution in [0.15, 0.2) is 84.6 Å². The average molecular weight is 419 g/mol. The minimum Gasteiger partial charge on any atom is -0.495 e. The fraction of sp³-hybridized carbons (Fsp3) is 0.0435. The summed E-state index contributed by atoms with van der Waals surface area (Å²) in [5.41, 5.74) is 8.32. The van der Waals surface area contributed by atoms with Crippen LogP contribution < -0.4 is 20.7 Å². The molecule has 1 amide bonds. The zero-order chi connectivity index (χ0) is 21.5. The van der Waals surface area contributed by atoms with E-state index in [0.717, 1.165) is 11.4 Å². The molecule has 0 fully saturated rings. The molecule has 30 heavy (non-hydrogen) atoms. The van der Waals surface area contributed by atoms with Crippen molar-refractivity contribution in [1.82, 2.24) is 0 Å². The van der Waals surface area contributed by atoms with Crippen molar-refractivity contribution in [2.45, 2.75) is 0 Å². The molecule has 7 heteroatoms. The predicted octanol–water partition coefficient (Wildman–Crippen LogP) is 5.12. The molecule has 0 aliphatic heterocycles. The molecule has 0 bridgehead atoms. The molecule has 3 aromatic rings. The molecule has 3 aromatic carbocycles. The second-order valence-electron chi connectivity index (χ2n) is 6.26. The molecule has 0 unspecified atom stereocenters. The fourth-order valence-corrected chi connectivity index (χ4v) is 2.99. The van der Waals surface area contributed by atoms with Crippen LogP contribution in [0.25, 0.3) is 0 Å². The number of nitrogens with one attached hydrogen (secondary N) is 1. The molecular weight excluding hydrogens is 400 g/mol. The molecule has 0 aromatic heterocycles. The Labute approximate surface area is 179 Å². The number of nitrogens with two attached hydrogens (primary N) is 1. The van der Waals surface area contributed by atoms with Gasteiger partial charge in [0, 0.05) is 28.9 Å². The van der Waals surface area contributed by atoms with Crippen molar-refractivity contribution in [1.29, 1.82) is 5.26 Å². The molecule has 150 valence electrons. The lowest BCUT2D eigenvalue weighted by molar-refractivity contribution is -0.112. The van der Waals surface area contributed by atoms with Gasteiger partial charge in [0.05, 0.1) is 12.1 Å². The van der Waals surface area contributed by atoms with E-state index in [1.165, 1.54) is 13.3 Å². The summed E-state index contributed by atoms with van der Waals surface area (Å²) in [5.74, 6) is -0.0700. The zero-order valence-corrected chi connectivity index (χ0v) is 16.9. The fourth-order valence-electron chi connectivity index (χ4n) is 2.73. The molecular formula is C23H19ClN4O2. The van der Waals surface area contributed by atoms with Gasteiger partial charge in [0.1, 0.15) is 17.4 Å². The molecule has 0 aliphatic carbocycles. The number of methoxy groups -OCH3 is 1. The molecule has 0 saturated heterocycles. The van der Waals surface area contributed by atoms with Crippen LogP contribution in [0, 0.1) is 11.3 Å². The lowest BCUT2D eigenvalue weighted by Crippen LogP contribution is -2.18. The van der Waals surface area contributed by atoms with Gasteiger partial charge >= 0.3 is 0 Å². The third kappa shape index (κ3) is 4.90. The molecule has 3 rings (SSSR count). The number of benzene rings is 3. The Morgan fingerprint density at radius 3 is 2.37 bits per heavy atom. The van der Waals surface area contributed by atoms with E-state index in [-0.39, 0.29) is 5.57 Å². The Hall–Kier alpha value is -3.95. The smallest absolute Gasteiger partial charge is 0.267 e. The molecule has 0 aliphatic rings. The summed E-state index contributed by atoms with van der Waals surface area (Å²) in [7, 11) is 1.51. The van der Waals surface area contributed by atoms with E-state index < -0.39 is 5.91 Å². The number of amides is 1. The first-order valence-electron chi connectivity index (χ1n) is 8.98. The summed E-state index contributed by atoms with van der Waals surface area (Å²) >= 11 is 6.11. The predicted molar refractivity (Wildman–Crippen MR) is 120 cm³/mol. The maximum atomic E-state index is 12.7. The van der Waals surface area contributed by atoms with E-state index in [9.17, 15) is 10.1 Å². The number of carbonyl (C=O) groups is 1. The van der Waals surface area contributed by atoms with Gasteiger partial charge < -0.3 is 20.7 Å². The lowest BCUT2D eigenvalue weighted by Gasteiger charge is -2.21.